The Hall–Kier alpha value is -3.22. The third-order valence-electron chi connectivity index (χ3n) is 4.47. The zero-order valence-electron chi connectivity index (χ0n) is 15.7. The zero-order valence-corrected chi connectivity index (χ0v) is 15.7. The number of benzene rings is 2. The topological polar surface area (TPSA) is 77.3 Å². The van der Waals surface area contributed by atoms with Gasteiger partial charge in [0.15, 0.2) is 6.61 Å². The van der Waals surface area contributed by atoms with E-state index in [9.17, 15) is 9.59 Å². The average molecular weight is 366 g/mol. The predicted octanol–water partition coefficient (Wildman–Crippen LogP) is 2.58. The fourth-order valence-corrected chi connectivity index (χ4v) is 2.78. The van der Waals surface area contributed by atoms with E-state index in [4.69, 9.17) is 4.74 Å². The molecule has 0 radical (unpaired) electrons. The Labute approximate surface area is 157 Å². The fraction of sp³-hybridized carbons (Fsp3) is 0.300. The molecule has 3 aromatic rings. The van der Waals surface area contributed by atoms with Crippen molar-refractivity contribution in [3.63, 3.8) is 0 Å². The summed E-state index contributed by atoms with van der Waals surface area (Å²) in [6, 6.07) is 12.9. The Morgan fingerprint density at radius 3 is 2.70 bits per heavy atom. The number of fused-ring (bicyclic) bond motifs is 1. The molecule has 0 aliphatic heterocycles. The van der Waals surface area contributed by atoms with Gasteiger partial charge in [-0.3, -0.25) is 4.79 Å². The summed E-state index contributed by atoms with van der Waals surface area (Å²) in [5, 5.41) is 8.05. The van der Waals surface area contributed by atoms with E-state index in [0.29, 0.717) is 24.2 Å². The summed E-state index contributed by atoms with van der Waals surface area (Å²) in [4.78, 5) is 26.1. The Morgan fingerprint density at radius 1 is 1.19 bits per heavy atom. The van der Waals surface area contributed by atoms with Crippen LogP contribution in [0.5, 0.6) is 0 Å². The van der Waals surface area contributed by atoms with Crippen molar-refractivity contribution in [2.24, 2.45) is 0 Å². The normalized spacial score (nSPS) is 10.8. The molecule has 7 nitrogen and oxygen atoms in total. The number of aromatic nitrogens is 3. The van der Waals surface area contributed by atoms with E-state index in [1.165, 1.54) is 0 Å². The van der Waals surface area contributed by atoms with Gasteiger partial charge >= 0.3 is 5.97 Å². The van der Waals surface area contributed by atoms with E-state index in [2.05, 4.69) is 10.3 Å². The summed E-state index contributed by atoms with van der Waals surface area (Å²) in [6.45, 7) is 4.83. The zero-order chi connectivity index (χ0) is 19.4. The van der Waals surface area contributed by atoms with Crippen LogP contribution < -0.4 is 0 Å². The molecule has 0 spiro atoms. The first-order valence-electron chi connectivity index (χ1n) is 8.78. The molecule has 0 atom stereocenters. The fourth-order valence-electron chi connectivity index (χ4n) is 2.78. The monoisotopic (exact) mass is 366 g/mol. The first-order valence-corrected chi connectivity index (χ1v) is 8.78. The molecule has 0 bridgehead atoms. The molecule has 0 aliphatic carbocycles. The number of hydrogen-bond donors (Lipinski definition) is 0. The number of ether oxygens (including phenoxy) is 1. The molecule has 0 aliphatic rings. The Balaban J connectivity index is 1.59. The Kier molecular flexibility index (Phi) is 5.49. The second-order valence-electron chi connectivity index (χ2n) is 6.36. The van der Waals surface area contributed by atoms with Crippen molar-refractivity contribution < 1.29 is 14.3 Å². The highest BCUT2D eigenvalue weighted by atomic mass is 16.5. The highest BCUT2D eigenvalue weighted by Crippen LogP contribution is 2.14. The van der Waals surface area contributed by atoms with Crippen LogP contribution in [-0.2, 0) is 22.6 Å². The lowest BCUT2D eigenvalue weighted by atomic mass is 10.1. The van der Waals surface area contributed by atoms with Crippen LogP contribution in [0.15, 0.2) is 42.5 Å². The van der Waals surface area contributed by atoms with Crippen LogP contribution in [0, 0.1) is 6.92 Å². The van der Waals surface area contributed by atoms with Crippen LogP contribution in [-0.4, -0.2) is 45.4 Å². The molecule has 0 fully saturated rings. The number of amides is 1. The number of likely N-dealkylation sites (N-methyl/N-ethyl adjacent to an activating group) is 1. The summed E-state index contributed by atoms with van der Waals surface area (Å²) < 4.78 is 6.92. The molecule has 1 aromatic heterocycles. The lowest BCUT2D eigenvalue weighted by molar-refractivity contribution is -0.133. The highest BCUT2D eigenvalue weighted by Gasteiger charge is 2.15. The van der Waals surface area contributed by atoms with Crippen LogP contribution in [0.4, 0.5) is 0 Å². The minimum Gasteiger partial charge on any atom is -0.452 e. The van der Waals surface area contributed by atoms with E-state index in [1.54, 1.807) is 34.8 Å². The molecule has 3 rings (SSSR count). The SMILES string of the molecule is CCn1nnc2cc(C(=O)OCC(=O)N(C)Cc3ccccc3C)ccc21. The third-order valence-corrected chi connectivity index (χ3v) is 4.47. The lowest BCUT2D eigenvalue weighted by Crippen LogP contribution is -2.31. The van der Waals surface area contributed by atoms with Gasteiger partial charge in [-0.15, -0.1) is 5.10 Å². The predicted molar refractivity (Wildman–Crippen MR) is 101 cm³/mol. The summed E-state index contributed by atoms with van der Waals surface area (Å²) >= 11 is 0. The quantitative estimate of drug-likeness (QED) is 0.627. The molecule has 140 valence electrons. The van der Waals surface area contributed by atoms with Crippen LogP contribution in [0.1, 0.15) is 28.4 Å². The maximum Gasteiger partial charge on any atom is 0.338 e. The standard InChI is InChI=1S/C20H22N4O3/c1-4-24-18-10-9-15(11-17(18)21-22-24)20(26)27-13-19(25)23(3)12-16-8-6-5-7-14(16)2/h5-11H,4,12-13H2,1-3H3. The van der Waals surface area contributed by atoms with Crippen LogP contribution in [0.3, 0.4) is 0 Å². The van der Waals surface area contributed by atoms with E-state index in [1.807, 2.05) is 38.1 Å². The van der Waals surface area contributed by atoms with Gasteiger partial charge in [-0.2, -0.15) is 0 Å². The molecular weight excluding hydrogens is 344 g/mol. The third kappa shape index (κ3) is 4.13. The minimum absolute atomic E-state index is 0.260. The molecule has 7 heteroatoms. The van der Waals surface area contributed by atoms with Crippen LogP contribution >= 0.6 is 0 Å². The first-order chi connectivity index (χ1) is 13.0. The number of carbonyl (C=O) groups excluding carboxylic acids is 2. The maximum atomic E-state index is 12.3. The number of nitrogens with zero attached hydrogens (tertiary/aromatic N) is 4. The lowest BCUT2D eigenvalue weighted by Gasteiger charge is -2.18. The van der Waals surface area contributed by atoms with Gasteiger partial charge in [0.1, 0.15) is 5.52 Å². The number of rotatable bonds is 6. The Bertz CT molecular complexity index is 980. The van der Waals surface area contributed by atoms with Gasteiger partial charge in [0.2, 0.25) is 0 Å². The van der Waals surface area contributed by atoms with Crippen molar-refractivity contribution in [1.29, 1.82) is 0 Å². The van der Waals surface area contributed by atoms with Crippen molar-refractivity contribution in [3.05, 3.63) is 59.2 Å². The van der Waals surface area contributed by atoms with E-state index >= 15 is 0 Å². The van der Waals surface area contributed by atoms with Crippen molar-refractivity contribution in [2.45, 2.75) is 26.9 Å². The smallest absolute Gasteiger partial charge is 0.338 e. The summed E-state index contributed by atoms with van der Waals surface area (Å²) in [6.07, 6.45) is 0. The highest BCUT2D eigenvalue weighted by molar-refractivity contribution is 5.94. The molecule has 0 saturated heterocycles. The van der Waals surface area contributed by atoms with E-state index in [0.717, 1.165) is 16.6 Å². The van der Waals surface area contributed by atoms with Crippen LogP contribution in [0.2, 0.25) is 0 Å². The first kappa shape index (κ1) is 18.6. The molecule has 0 N–H and O–H groups in total. The van der Waals surface area contributed by atoms with E-state index < -0.39 is 5.97 Å². The molecule has 2 aromatic carbocycles. The molecular formula is C20H22N4O3. The second kappa shape index (κ2) is 7.99. The average Bonchev–Trinajstić information content (AvgIpc) is 3.09. The largest absolute Gasteiger partial charge is 0.452 e. The minimum atomic E-state index is -0.555. The molecule has 1 heterocycles. The van der Waals surface area contributed by atoms with Gasteiger partial charge in [0, 0.05) is 20.1 Å². The van der Waals surface area contributed by atoms with Crippen molar-refractivity contribution >= 4 is 22.9 Å². The summed E-state index contributed by atoms with van der Waals surface area (Å²) in [7, 11) is 1.69. The molecule has 0 saturated carbocycles. The van der Waals surface area contributed by atoms with Gasteiger partial charge in [0.25, 0.3) is 5.91 Å². The van der Waals surface area contributed by atoms with E-state index in [-0.39, 0.29) is 12.5 Å². The van der Waals surface area contributed by atoms with Gasteiger partial charge in [-0.05, 0) is 43.2 Å². The van der Waals surface area contributed by atoms with Gasteiger partial charge < -0.3 is 9.64 Å². The maximum absolute atomic E-state index is 12.3. The number of aryl methyl sites for hydroxylation is 2. The van der Waals surface area contributed by atoms with Crippen LogP contribution in [0.25, 0.3) is 11.0 Å². The van der Waals surface area contributed by atoms with Gasteiger partial charge in [-0.25, -0.2) is 9.48 Å². The Morgan fingerprint density at radius 2 is 1.96 bits per heavy atom. The summed E-state index contributed by atoms with van der Waals surface area (Å²) in [5.41, 5.74) is 3.99. The van der Waals surface area contributed by atoms with Gasteiger partial charge in [0.05, 0.1) is 11.1 Å². The van der Waals surface area contributed by atoms with Crippen molar-refractivity contribution in [2.75, 3.05) is 13.7 Å². The van der Waals surface area contributed by atoms with Crippen molar-refractivity contribution in [3.8, 4) is 0 Å². The van der Waals surface area contributed by atoms with Crippen molar-refractivity contribution in [1.82, 2.24) is 19.9 Å². The molecule has 1 amide bonds. The number of carbonyl (C=O) groups is 2. The molecule has 27 heavy (non-hydrogen) atoms. The second-order valence-corrected chi connectivity index (χ2v) is 6.36. The number of esters is 1. The number of hydrogen-bond acceptors (Lipinski definition) is 5. The summed E-state index contributed by atoms with van der Waals surface area (Å²) in [5.74, 6) is -0.815. The molecule has 0 unspecified atom stereocenters. The van der Waals surface area contributed by atoms with Gasteiger partial charge in [-0.1, -0.05) is 29.5 Å².